The Bertz CT molecular complexity index is 1130. The van der Waals surface area contributed by atoms with Gasteiger partial charge in [-0.3, -0.25) is 4.79 Å². The molecule has 1 aliphatic heterocycles. The van der Waals surface area contributed by atoms with Gasteiger partial charge in [0.1, 0.15) is 5.75 Å². The van der Waals surface area contributed by atoms with Crippen molar-refractivity contribution in [3.63, 3.8) is 0 Å². The Kier molecular flexibility index (Phi) is 5.20. The topological polar surface area (TPSA) is 43.4 Å². The third-order valence-electron chi connectivity index (χ3n) is 4.32. The van der Waals surface area contributed by atoms with Gasteiger partial charge in [-0.2, -0.15) is 0 Å². The molecule has 0 unspecified atom stereocenters. The summed E-state index contributed by atoms with van der Waals surface area (Å²) in [6.45, 7) is 1.96. The zero-order chi connectivity index (χ0) is 19.7. The van der Waals surface area contributed by atoms with E-state index in [9.17, 15) is 9.59 Å². The molecule has 0 amide bonds. The normalized spacial score (nSPS) is 14.2. The second-order valence-corrected chi connectivity index (χ2v) is 8.28. The molecule has 0 N–H and O–H groups in total. The van der Waals surface area contributed by atoms with E-state index < -0.39 is 5.97 Å². The number of hydrogen-bond donors (Lipinski definition) is 0. The summed E-state index contributed by atoms with van der Waals surface area (Å²) in [6.07, 6.45) is 1.79. The number of allylic oxidation sites excluding steroid dienone is 1. The van der Waals surface area contributed by atoms with E-state index in [4.69, 9.17) is 4.74 Å². The third-order valence-corrected chi connectivity index (χ3v) is 6.11. The van der Waals surface area contributed by atoms with E-state index in [1.807, 2.05) is 49.4 Å². The molecule has 4 rings (SSSR count). The molecule has 3 aromatic rings. The molecular weight excluding hydrogens is 436 g/mol. The number of benzene rings is 3. The summed E-state index contributed by atoms with van der Waals surface area (Å²) >= 11 is 4.81. The minimum Gasteiger partial charge on any atom is -0.422 e. The Labute approximate surface area is 175 Å². The van der Waals surface area contributed by atoms with E-state index in [1.54, 1.807) is 30.3 Å². The summed E-state index contributed by atoms with van der Waals surface area (Å²) in [5.74, 6) is -0.0435. The van der Waals surface area contributed by atoms with Gasteiger partial charge in [0.15, 0.2) is 0 Å². The smallest absolute Gasteiger partial charge is 0.344 e. The Hall–Kier alpha value is -2.63. The molecule has 3 nitrogen and oxygen atoms in total. The molecule has 28 heavy (non-hydrogen) atoms. The van der Waals surface area contributed by atoms with Crippen LogP contribution in [0.3, 0.4) is 0 Å². The molecule has 0 fully saturated rings. The zero-order valence-electron chi connectivity index (χ0n) is 14.9. The van der Waals surface area contributed by atoms with Gasteiger partial charge in [0.05, 0.1) is 10.5 Å². The largest absolute Gasteiger partial charge is 0.422 e. The van der Waals surface area contributed by atoms with Gasteiger partial charge in [0.25, 0.3) is 0 Å². The first-order chi connectivity index (χ1) is 13.5. The summed E-state index contributed by atoms with van der Waals surface area (Å²) in [7, 11) is 0. The highest BCUT2D eigenvalue weighted by atomic mass is 79.9. The molecule has 0 saturated carbocycles. The molecule has 0 aromatic heterocycles. The van der Waals surface area contributed by atoms with Gasteiger partial charge >= 0.3 is 5.97 Å². The Morgan fingerprint density at radius 3 is 2.57 bits per heavy atom. The number of Topliss-reactive ketones (excluding diaryl/α,β-unsaturated/α-hetero) is 1. The second kappa shape index (κ2) is 7.78. The minimum atomic E-state index is -0.454. The first kappa shape index (κ1) is 18.7. The standard InChI is InChI=1S/C23H15BrO3S/c1-14-10-11-19(27-23(26)16-6-2-4-8-18(16)24)15(12-14)13-21-22(25)17-7-3-5-9-20(17)28-21/h2-13H,1H3. The van der Waals surface area contributed by atoms with Gasteiger partial charge in [-0.05, 0) is 65.3 Å². The molecule has 0 bridgehead atoms. The molecule has 138 valence electrons. The number of esters is 1. The van der Waals surface area contributed by atoms with Crippen LogP contribution in [0.5, 0.6) is 5.75 Å². The molecule has 0 aliphatic carbocycles. The number of fused-ring (bicyclic) bond motifs is 1. The van der Waals surface area contributed by atoms with Crippen LogP contribution in [-0.2, 0) is 0 Å². The highest BCUT2D eigenvalue weighted by Gasteiger charge is 2.25. The molecule has 0 atom stereocenters. The van der Waals surface area contributed by atoms with Crippen LogP contribution in [0, 0.1) is 6.92 Å². The monoisotopic (exact) mass is 450 g/mol. The number of carbonyl (C=O) groups is 2. The number of thioether (sulfide) groups is 1. The van der Waals surface area contributed by atoms with Crippen molar-refractivity contribution in [1.82, 2.24) is 0 Å². The molecule has 3 aromatic carbocycles. The first-order valence-corrected chi connectivity index (χ1v) is 10.2. The number of halogens is 1. The fraction of sp³-hybridized carbons (Fsp3) is 0.0435. The van der Waals surface area contributed by atoms with Crippen molar-refractivity contribution in [2.45, 2.75) is 11.8 Å². The van der Waals surface area contributed by atoms with Crippen LogP contribution in [0.1, 0.15) is 31.8 Å². The van der Waals surface area contributed by atoms with Crippen LogP contribution < -0.4 is 4.74 Å². The number of ether oxygens (including phenoxy) is 1. The fourth-order valence-corrected chi connectivity index (χ4v) is 4.42. The van der Waals surface area contributed by atoms with E-state index in [1.165, 1.54) is 11.8 Å². The Balaban J connectivity index is 1.68. The lowest BCUT2D eigenvalue weighted by Gasteiger charge is -2.10. The maximum Gasteiger partial charge on any atom is 0.344 e. The molecule has 0 radical (unpaired) electrons. The SMILES string of the molecule is Cc1ccc(OC(=O)c2ccccc2Br)c(C=C2Sc3ccccc3C2=O)c1. The molecule has 1 aliphatic rings. The predicted octanol–water partition coefficient (Wildman–Crippen LogP) is 6.31. The summed E-state index contributed by atoms with van der Waals surface area (Å²) in [5, 5.41) is 0. The average molecular weight is 451 g/mol. The number of hydrogen-bond acceptors (Lipinski definition) is 4. The quantitative estimate of drug-likeness (QED) is 0.266. The molecule has 5 heteroatoms. The minimum absolute atomic E-state index is 0.00909. The highest BCUT2D eigenvalue weighted by Crippen LogP contribution is 2.41. The molecule has 1 heterocycles. The van der Waals surface area contributed by atoms with Crippen LogP contribution in [0.15, 0.2) is 81.0 Å². The lowest BCUT2D eigenvalue weighted by atomic mass is 10.1. The van der Waals surface area contributed by atoms with Crippen molar-refractivity contribution in [3.05, 3.63) is 98.4 Å². The van der Waals surface area contributed by atoms with E-state index in [-0.39, 0.29) is 5.78 Å². The van der Waals surface area contributed by atoms with Crippen molar-refractivity contribution >= 4 is 45.5 Å². The van der Waals surface area contributed by atoms with Crippen molar-refractivity contribution in [2.75, 3.05) is 0 Å². The molecule has 0 saturated heterocycles. The van der Waals surface area contributed by atoms with E-state index in [0.717, 1.165) is 10.5 Å². The van der Waals surface area contributed by atoms with E-state index in [0.29, 0.717) is 31.8 Å². The van der Waals surface area contributed by atoms with Gasteiger partial charge in [-0.25, -0.2) is 4.79 Å². The van der Waals surface area contributed by atoms with Gasteiger partial charge in [0.2, 0.25) is 5.78 Å². The van der Waals surface area contributed by atoms with Crippen LogP contribution in [0.25, 0.3) is 6.08 Å². The Morgan fingerprint density at radius 1 is 1.04 bits per heavy atom. The van der Waals surface area contributed by atoms with Gasteiger partial charge in [-0.15, -0.1) is 0 Å². The van der Waals surface area contributed by atoms with Crippen molar-refractivity contribution in [2.24, 2.45) is 0 Å². The van der Waals surface area contributed by atoms with E-state index in [2.05, 4.69) is 15.9 Å². The number of carbonyl (C=O) groups excluding carboxylic acids is 2. The lowest BCUT2D eigenvalue weighted by molar-refractivity contribution is 0.0733. The van der Waals surface area contributed by atoms with Crippen LogP contribution in [0.4, 0.5) is 0 Å². The van der Waals surface area contributed by atoms with Gasteiger partial charge in [0, 0.05) is 20.5 Å². The summed E-state index contributed by atoms with van der Waals surface area (Å²) < 4.78 is 6.33. The molecular formula is C23H15BrO3S. The highest BCUT2D eigenvalue weighted by molar-refractivity contribution is 9.10. The average Bonchev–Trinajstić information content (AvgIpc) is 3.00. The first-order valence-electron chi connectivity index (χ1n) is 8.63. The predicted molar refractivity (Wildman–Crippen MR) is 115 cm³/mol. The van der Waals surface area contributed by atoms with Crippen LogP contribution >= 0.6 is 27.7 Å². The van der Waals surface area contributed by atoms with Gasteiger partial charge in [-0.1, -0.05) is 47.7 Å². The Morgan fingerprint density at radius 2 is 1.79 bits per heavy atom. The zero-order valence-corrected chi connectivity index (χ0v) is 17.3. The maximum atomic E-state index is 12.7. The summed E-state index contributed by atoms with van der Waals surface area (Å²) in [6, 6.07) is 20.2. The van der Waals surface area contributed by atoms with E-state index >= 15 is 0 Å². The van der Waals surface area contributed by atoms with Crippen molar-refractivity contribution < 1.29 is 14.3 Å². The maximum absolute atomic E-state index is 12.7. The van der Waals surface area contributed by atoms with Crippen LogP contribution in [0.2, 0.25) is 0 Å². The van der Waals surface area contributed by atoms with Crippen molar-refractivity contribution in [1.29, 1.82) is 0 Å². The number of aryl methyl sites for hydroxylation is 1. The fourth-order valence-electron chi connectivity index (χ4n) is 2.93. The molecule has 0 spiro atoms. The van der Waals surface area contributed by atoms with Crippen molar-refractivity contribution in [3.8, 4) is 5.75 Å². The summed E-state index contributed by atoms with van der Waals surface area (Å²) in [5.41, 5.74) is 2.86. The van der Waals surface area contributed by atoms with Crippen LogP contribution in [-0.4, -0.2) is 11.8 Å². The van der Waals surface area contributed by atoms with Gasteiger partial charge < -0.3 is 4.74 Å². The number of ketones is 1. The summed E-state index contributed by atoms with van der Waals surface area (Å²) in [4.78, 5) is 26.8. The third kappa shape index (κ3) is 3.68. The number of rotatable bonds is 3. The second-order valence-electron chi connectivity index (χ2n) is 6.35. The lowest BCUT2D eigenvalue weighted by Crippen LogP contribution is -2.10.